The van der Waals surface area contributed by atoms with Crippen LogP contribution in [-0.2, 0) is 10.0 Å². The van der Waals surface area contributed by atoms with Gasteiger partial charge in [0.1, 0.15) is 4.90 Å². The third kappa shape index (κ3) is 1.98. The summed E-state index contributed by atoms with van der Waals surface area (Å²) in [5, 5.41) is 0.709. The fourth-order valence-corrected chi connectivity index (χ4v) is 4.10. The molecule has 2 aromatic rings. The Bertz CT molecular complexity index is 717. The minimum atomic E-state index is -3.46. The van der Waals surface area contributed by atoms with Crippen LogP contribution in [0, 0.1) is 0 Å². The highest BCUT2D eigenvalue weighted by atomic mass is 79.9. The first-order chi connectivity index (χ1) is 8.41. The van der Waals surface area contributed by atoms with Crippen molar-refractivity contribution in [3.8, 4) is 0 Å². The quantitative estimate of drug-likeness (QED) is 0.910. The van der Waals surface area contributed by atoms with Crippen LogP contribution in [0.5, 0.6) is 0 Å². The van der Waals surface area contributed by atoms with E-state index in [4.69, 9.17) is 0 Å². The molecule has 0 atom stereocenters. The fourth-order valence-electron chi connectivity index (χ4n) is 1.98. The molecule has 0 spiro atoms. The van der Waals surface area contributed by atoms with Gasteiger partial charge in [0.15, 0.2) is 0 Å². The van der Waals surface area contributed by atoms with E-state index in [-0.39, 0.29) is 5.54 Å². The van der Waals surface area contributed by atoms with E-state index < -0.39 is 10.0 Å². The third-order valence-electron chi connectivity index (χ3n) is 3.30. The number of aromatic nitrogens is 1. The lowest BCUT2D eigenvalue weighted by atomic mass is 10.2. The predicted molar refractivity (Wildman–Crippen MR) is 74.0 cm³/mol. The smallest absolute Gasteiger partial charge is 0.243 e. The van der Waals surface area contributed by atoms with E-state index >= 15 is 0 Å². The van der Waals surface area contributed by atoms with Crippen molar-refractivity contribution in [3.63, 3.8) is 0 Å². The summed E-state index contributed by atoms with van der Waals surface area (Å²) in [5.41, 5.74) is 0.549. The van der Waals surface area contributed by atoms with E-state index in [2.05, 4.69) is 25.6 Å². The number of hydrogen-bond donors (Lipinski definition) is 2. The summed E-state index contributed by atoms with van der Waals surface area (Å²) in [6.07, 6.45) is 3.35. The standard InChI is InChI=1S/C12H13BrN2O2S/c1-12(5-6-12)15-18(16,17)10-7-14-11-8(10)3-2-4-9(11)13/h2-4,7,14-15H,5-6H2,1H3. The predicted octanol–water partition coefficient (Wildman–Crippen LogP) is 2.76. The molecule has 96 valence electrons. The van der Waals surface area contributed by atoms with Crippen LogP contribution >= 0.6 is 15.9 Å². The third-order valence-corrected chi connectivity index (χ3v) is 5.64. The van der Waals surface area contributed by atoms with Crippen LogP contribution in [0.25, 0.3) is 10.9 Å². The lowest BCUT2D eigenvalue weighted by Crippen LogP contribution is -2.34. The van der Waals surface area contributed by atoms with Gasteiger partial charge < -0.3 is 4.98 Å². The van der Waals surface area contributed by atoms with E-state index in [0.29, 0.717) is 10.3 Å². The summed E-state index contributed by atoms with van der Waals surface area (Å²) in [4.78, 5) is 3.31. The Morgan fingerprint density at radius 2 is 2.11 bits per heavy atom. The van der Waals surface area contributed by atoms with Gasteiger partial charge in [-0.1, -0.05) is 12.1 Å². The molecular weight excluding hydrogens is 316 g/mol. The summed E-state index contributed by atoms with van der Waals surface area (Å²) >= 11 is 3.40. The number of halogens is 1. The number of benzene rings is 1. The zero-order valence-electron chi connectivity index (χ0n) is 9.83. The highest BCUT2D eigenvalue weighted by Gasteiger charge is 2.41. The van der Waals surface area contributed by atoms with E-state index in [1.165, 1.54) is 0 Å². The number of nitrogens with one attached hydrogen (secondary N) is 2. The van der Waals surface area contributed by atoms with E-state index in [0.717, 1.165) is 22.8 Å². The Hall–Kier alpha value is -0.850. The Morgan fingerprint density at radius 1 is 1.39 bits per heavy atom. The molecule has 4 nitrogen and oxygen atoms in total. The van der Waals surface area contributed by atoms with Crippen LogP contribution in [-0.4, -0.2) is 18.9 Å². The molecule has 6 heteroatoms. The second-order valence-electron chi connectivity index (χ2n) is 4.98. The minimum absolute atomic E-state index is 0.256. The van der Waals surface area contributed by atoms with Gasteiger partial charge in [-0.15, -0.1) is 0 Å². The van der Waals surface area contributed by atoms with Crippen LogP contribution in [0.2, 0.25) is 0 Å². The summed E-state index contributed by atoms with van der Waals surface area (Å²) in [6.45, 7) is 1.93. The number of fused-ring (bicyclic) bond motifs is 1. The molecule has 1 fully saturated rings. The van der Waals surface area contributed by atoms with Crippen molar-refractivity contribution in [2.24, 2.45) is 0 Å². The maximum atomic E-state index is 12.3. The first-order valence-electron chi connectivity index (χ1n) is 5.71. The van der Waals surface area contributed by atoms with Gasteiger partial charge in [0.05, 0.1) is 5.52 Å². The van der Waals surface area contributed by atoms with Crippen LogP contribution in [0.1, 0.15) is 19.8 Å². The van der Waals surface area contributed by atoms with Gasteiger partial charge in [-0.05, 0) is 41.8 Å². The Kier molecular flexibility index (Phi) is 2.59. The number of H-pyrrole nitrogens is 1. The van der Waals surface area contributed by atoms with Crippen molar-refractivity contribution in [3.05, 3.63) is 28.9 Å². The molecule has 1 aliphatic rings. The zero-order chi connectivity index (χ0) is 13.0. The normalized spacial score (nSPS) is 18.1. The summed E-state index contributed by atoms with van der Waals surface area (Å²) < 4.78 is 28.3. The van der Waals surface area contributed by atoms with E-state index in [9.17, 15) is 8.42 Å². The fraction of sp³-hybridized carbons (Fsp3) is 0.333. The van der Waals surface area contributed by atoms with Crippen molar-refractivity contribution in [2.45, 2.75) is 30.2 Å². The molecule has 1 aliphatic carbocycles. The number of aromatic amines is 1. The lowest BCUT2D eigenvalue weighted by molar-refractivity contribution is 0.559. The molecule has 1 aromatic heterocycles. The van der Waals surface area contributed by atoms with Crippen molar-refractivity contribution >= 4 is 36.9 Å². The van der Waals surface area contributed by atoms with Gasteiger partial charge in [0.25, 0.3) is 0 Å². The minimum Gasteiger partial charge on any atom is -0.359 e. The van der Waals surface area contributed by atoms with Crippen LogP contribution in [0.4, 0.5) is 0 Å². The molecule has 1 saturated carbocycles. The van der Waals surface area contributed by atoms with Crippen molar-refractivity contribution < 1.29 is 8.42 Å². The Morgan fingerprint density at radius 3 is 2.78 bits per heavy atom. The Labute approximate surface area is 114 Å². The summed E-state index contributed by atoms with van der Waals surface area (Å²) in [7, 11) is -3.46. The first-order valence-corrected chi connectivity index (χ1v) is 7.99. The Balaban J connectivity index is 2.12. The molecule has 18 heavy (non-hydrogen) atoms. The van der Waals surface area contributed by atoms with E-state index in [1.54, 1.807) is 12.3 Å². The number of sulfonamides is 1. The number of rotatable bonds is 3. The number of hydrogen-bond acceptors (Lipinski definition) is 2. The molecule has 0 unspecified atom stereocenters. The number of para-hydroxylation sites is 1. The second-order valence-corrected chi connectivity index (χ2v) is 7.49. The zero-order valence-corrected chi connectivity index (χ0v) is 12.2. The van der Waals surface area contributed by atoms with Crippen molar-refractivity contribution in [1.82, 2.24) is 9.71 Å². The maximum Gasteiger partial charge on any atom is 0.243 e. The molecule has 3 rings (SSSR count). The second kappa shape index (κ2) is 3.82. The molecule has 0 amide bonds. The average Bonchev–Trinajstić information content (AvgIpc) is 2.83. The van der Waals surface area contributed by atoms with Gasteiger partial charge in [0, 0.05) is 21.6 Å². The van der Waals surface area contributed by atoms with Gasteiger partial charge in [-0.2, -0.15) is 0 Å². The van der Waals surface area contributed by atoms with Gasteiger partial charge in [-0.3, -0.25) is 0 Å². The maximum absolute atomic E-state index is 12.3. The molecule has 0 aliphatic heterocycles. The monoisotopic (exact) mass is 328 g/mol. The van der Waals surface area contributed by atoms with Crippen LogP contribution in [0.15, 0.2) is 33.8 Å². The van der Waals surface area contributed by atoms with Crippen LogP contribution in [0.3, 0.4) is 0 Å². The average molecular weight is 329 g/mol. The molecule has 2 N–H and O–H groups in total. The summed E-state index contributed by atoms with van der Waals surface area (Å²) in [5.74, 6) is 0. The van der Waals surface area contributed by atoms with Crippen molar-refractivity contribution in [2.75, 3.05) is 0 Å². The molecule has 0 radical (unpaired) electrons. The summed E-state index contributed by atoms with van der Waals surface area (Å²) in [6, 6.07) is 5.52. The van der Waals surface area contributed by atoms with Gasteiger partial charge >= 0.3 is 0 Å². The molecule has 1 heterocycles. The highest BCUT2D eigenvalue weighted by molar-refractivity contribution is 9.10. The van der Waals surface area contributed by atoms with Crippen molar-refractivity contribution in [1.29, 1.82) is 0 Å². The SMILES string of the molecule is CC1(NS(=O)(=O)c2c[nH]c3c(Br)cccc23)CC1. The lowest BCUT2D eigenvalue weighted by Gasteiger charge is -2.11. The van der Waals surface area contributed by atoms with Gasteiger partial charge in [0.2, 0.25) is 10.0 Å². The molecule has 0 saturated heterocycles. The largest absolute Gasteiger partial charge is 0.359 e. The highest BCUT2D eigenvalue weighted by Crippen LogP contribution is 2.37. The first kappa shape index (κ1) is 12.2. The topological polar surface area (TPSA) is 62.0 Å². The van der Waals surface area contributed by atoms with Crippen LogP contribution < -0.4 is 4.72 Å². The molecular formula is C12H13BrN2O2S. The van der Waals surface area contributed by atoms with Gasteiger partial charge in [-0.25, -0.2) is 13.1 Å². The molecule has 0 bridgehead atoms. The van der Waals surface area contributed by atoms with E-state index in [1.807, 2.05) is 19.1 Å². The molecule has 1 aromatic carbocycles.